The summed E-state index contributed by atoms with van der Waals surface area (Å²) in [5.41, 5.74) is 1.80. The van der Waals surface area contributed by atoms with Gasteiger partial charge in [-0.25, -0.2) is 4.79 Å². The molecule has 0 radical (unpaired) electrons. The maximum absolute atomic E-state index is 12.9. The number of ether oxygens (including phenoxy) is 2. The normalized spacial score (nSPS) is 11.3. The number of carboxylic acid groups (broad SMARTS) is 2. The summed E-state index contributed by atoms with van der Waals surface area (Å²) in [7, 11) is 0. The molecule has 0 aliphatic heterocycles. The fourth-order valence-electron chi connectivity index (χ4n) is 3.03. The SMILES string of the molecule is O=C(O)C[C@@H](NC(=O)c1cccc(OCc2ccccc2)c1OCc1ccccc1)C(=O)O. The Morgan fingerprint density at radius 2 is 1.33 bits per heavy atom. The van der Waals surface area contributed by atoms with Crippen LogP contribution < -0.4 is 14.8 Å². The molecular weight excluding hydrogens is 426 g/mol. The van der Waals surface area contributed by atoms with Gasteiger partial charge < -0.3 is 25.0 Å². The van der Waals surface area contributed by atoms with E-state index in [4.69, 9.17) is 14.6 Å². The standard InChI is InChI=1S/C25H23NO7/c27-22(28)14-20(25(30)31)26-24(29)19-12-7-13-21(32-15-17-8-3-1-4-9-17)23(19)33-16-18-10-5-2-6-11-18/h1-13,20H,14-16H2,(H,26,29)(H,27,28)(H,30,31)/t20-/m1/s1. The van der Waals surface area contributed by atoms with Crippen molar-refractivity contribution in [3.05, 3.63) is 95.6 Å². The Morgan fingerprint density at radius 1 is 0.758 bits per heavy atom. The summed E-state index contributed by atoms with van der Waals surface area (Å²) in [6.07, 6.45) is -0.758. The van der Waals surface area contributed by atoms with Crippen LogP contribution in [0.15, 0.2) is 78.9 Å². The highest BCUT2D eigenvalue weighted by Crippen LogP contribution is 2.33. The van der Waals surface area contributed by atoms with Crippen LogP contribution in [0.25, 0.3) is 0 Å². The van der Waals surface area contributed by atoms with Crippen LogP contribution in [0.3, 0.4) is 0 Å². The van der Waals surface area contributed by atoms with Crippen molar-refractivity contribution >= 4 is 17.8 Å². The Bertz CT molecular complexity index is 1100. The fraction of sp³-hybridized carbons (Fsp3) is 0.160. The summed E-state index contributed by atoms with van der Waals surface area (Å²) in [6.45, 7) is 0.370. The molecule has 0 aromatic heterocycles. The van der Waals surface area contributed by atoms with Gasteiger partial charge in [-0.1, -0.05) is 66.7 Å². The van der Waals surface area contributed by atoms with Crippen LogP contribution in [0.4, 0.5) is 0 Å². The predicted octanol–water partition coefficient (Wildman–Crippen LogP) is 3.50. The van der Waals surface area contributed by atoms with E-state index >= 15 is 0 Å². The number of carbonyl (C=O) groups is 3. The van der Waals surface area contributed by atoms with Gasteiger partial charge in [-0.2, -0.15) is 0 Å². The van der Waals surface area contributed by atoms with E-state index in [9.17, 15) is 19.5 Å². The third kappa shape index (κ3) is 6.83. The van der Waals surface area contributed by atoms with E-state index in [1.54, 1.807) is 12.1 Å². The van der Waals surface area contributed by atoms with Gasteiger partial charge in [0.2, 0.25) is 0 Å². The van der Waals surface area contributed by atoms with Crippen molar-refractivity contribution in [1.82, 2.24) is 5.32 Å². The number of para-hydroxylation sites is 1. The lowest BCUT2D eigenvalue weighted by atomic mass is 10.1. The van der Waals surface area contributed by atoms with Crippen LogP contribution in [0.1, 0.15) is 27.9 Å². The van der Waals surface area contributed by atoms with Gasteiger partial charge in [-0.3, -0.25) is 9.59 Å². The number of amides is 1. The van der Waals surface area contributed by atoms with Crippen molar-refractivity contribution < 1.29 is 34.1 Å². The second-order valence-electron chi connectivity index (χ2n) is 7.14. The molecule has 1 amide bonds. The molecule has 0 saturated carbocycles. The molecule has 0 aliphatic rings. The fourth-order valence-corrected chi connectivity index (χ4v) is 3.03. The van der Waals surface area contributed by atoms with Gasteiger partial charge in [0.05, 0.1) is 12.0 Å². The van der Waals surface area contributed by atoms with Crippen LogP contribution in [0.5, 0.6) is 11.5 Å². The third-order valence-electron chi connectivity index (χ3n) is 4.67. The van der Waals surface area contributed by atoms with Gasteiger partial charge in [0.25, 0.3) is 5.91 Å². The first-order chi connectivity index (χ1) is 15.9. The second kappa shape index (κ2) is 11.3. The highest BCUT2D eigenvalue weighted by molar-refractivity contribution is 6.00. The minimum atomic E-state index is -1.59. The van der Waals surface area contributed by atoms with Gasteiger partial charge >= 0.3 is 11.9 Å². The van der Waals surface area contributed by atoms with Crippen molar-refractivity contribution in [3.8, 4) is 11.5 Å². The Labute approximate surface area is 190 Å². The molecule has 3 aromatic carbocycles. The highest BCUT2D eigenvalue weighted by Gasteiger charge is 2.26. The van der Waals surface area contributed by atoms with Crippen LogP contribution >= 0.6 is 0 Å². The maximum atomic E-state index is 12.9. The third-order valence-corrected chi connectivity index (χ3v) is 4.67. The summed E-state index contributed by atoms with van der Waals surface area (Å²) in [5, 5.41) is 20.5. The summed E-state index contributed by atoms with van der Waals surface area (Å²) >= 11 is 0. The summed E-state index contributed by atoms with van der Waals surface area (Å²) in [6, 6.07) is 21.8. The lowest BCUT2D eigenvalue weighted by Gasteiger charge is -2.18. The molecule has 8 heteroatoms. The maximum Gasteiger partial charge on any atom is 0.326 e. The van der Waals surface area contributed by atoms with E-state index < -0.39 is 30.3 Å². The van der Waals surface area contributed by atoms with E-state index in [1.165, 1.54) is 6.07 Å². The number of benzene rings is 3. The molecule has 1 atom stereocenters. The summed E-state index contributed by atoms with van der Waals surface area (Å²) in [4.78, 5) is 35.3. The van der Waals surface area contributed by atoms with E-state index in [2.05, 4.69) is 5.32 Å². The minimum absolute atomic E-state index is 0.0353. The number of hydrogen-bond acceptors (Lipinski definition) is 5. The van der Waals surface area contributed by atoms with Crippen molar-refractivity contribution in [2.24, 2.45) is 0 Å². The van der Waals surface area contributed by atoms with Gasteiger partial charge in [0, 0.05) is 0 Å². The Morgan fingerprint density at radius 3 is 1.88 bits per heavy atom. The Balaban J connectivity index is 1.87. The molecule has 0 spiro atoms. The molecule has 0 saturated heterocycles. The second-order valence-corrected chi connectivity index (χ2v) is 7.14. The van der Waals surface area contributed by atoms with E-state index in [0.29, 0.717) is 5.75 Å². The zero-order valence-electron chi connectivity index (χ0n) is 17.6. The van der Waals surface area contributed by atoms with Crippen LogP contribution in [0, 0.1) is 0 Å². The molecule has 0 bridgehead atoms. The number of rotatable bonds is 11. The van der Waals surface area contributed by atoms with E-state index in [-0.39, 0.29) is 24.5 Å². The van der Waals surface area contributed by atoms with Crippen LogP contribution in [-0.2, 0) is 22.8 Å². The zero-order chi connectivity index (χ0) is 23.6. The monoisotopic (exact) mass is 449 g/mol. The smallest absolute Gasteiger partial charge is 0.326 e. The first kappa shape index (κ1) is 23.3. The first-order valence-electron chi connectivity index (χ1n) is 10.2. The molecule has 0 fully saturated rings. The quantitative estimate of drug-likeness (QED) is 0.409. The molecule has 3 rings (SSSR count). The number of nitrogens with one attached hydrogen (secondary N) is 1. The largest absolute Gasteiger partial charge is 0.485 e. The molecule has 170 valence electrons. The van der Waals surface area contributed by atoms with Gasteiger partial charge in [0.15, 0.2) is 11.5 Å². The van der Waals surface area contributed by atoms with Crippen molar-refractivity contribution in [3.63, 3.8) is 0 Å². The average molecular weight is 449 g/mol. The molecule has 8 nitrogen and oxygen atoms in total. The van der Waals surface area contributed by atoms with Crippen molar-refractivity contribution in [1.29, 1.82) is 0 Å². The van der Waals surface area contributed by atoms with E-state index in [0.717, 1.165) is 11.1 Å². The molecule has 33 heavy (non-hydrogen) atoms. The molecule has 0 aliphatic carbocycles. The number of aliphatic carboxylic acids is 2. The Hall–Kier alpha value is -4.33. The number of hydrogen-bond donors (Lipinski definition) is 3. The average Bonchev–Trinajstić information content (AvgIpc) is 2.82. The summed E-state index contributed by atoms with van der Waals surface area (Å²) < 4.78 is 11.8. The van der Waals surface area contributed by atoms with Crippen molar-refractivity contribution in [2.45, 2.75) is 25.7 Å². The zero-order valence-corrected chi connectivity index (χ0v) is 17.6. The predicted molar refractivity (Wildman–Crippen MR) is 119 cm³/mol. The lowest BCUT2D eigenvalue weighted by Crippen LogP contribution is -2.42. The topological polar surface area (TPSA) is 122 Å². The summed E-state index contributed by atoms with van der Waals surface area (Å²) in [5.74, 6) is -3.14. The van der Waals surface area contributed by atoms with E-state index in [1.807, 2.05) is 60.7 Å². The highest BCUT2D eigenvalue weighted by atomic mass is 16.5. The molecular formula is C25H23NO7. The number of carboxylic acids is 2. The van der Waals surface area contributed by atoms with Crippen molar-refractivity contribution in [2.75, 3.05) is 0 Å². The van der Waals surface area contributed by atoms with Gasteiger partial charge in [-0.05, 0) is 23.3 Å². The molecule has 3 aromatic rings. The molecule has 0 unspecified atom stereocenters. The number of carbonyl (C=O) groups excluding carboxylic acids is 1. The molecule has 3 N–H and O–H groups in total. The van der Waals surface area contributed by atoms with Crippen LogP contribution in [0.2, 0.25) is 0 Å². The first-order valence-corrected chi connectivity index (χ1v) is 10.2. The van der Waals surface area contributed by atoms with Gasteiger partial charge in [-0.15, -0.1) is 0 Å². The molecule has 0 heterocycles. The van der Waals surface area contributed by atoms with Crippen LogP contribution in [-0.4, -0.2) is 34.1 Å². The Kier molecular flexibility index (Phi) is 8.02. The lowest BCUT2D eigenvalue weighted by molar-refractivity contribution is -0.145. The minimum Gasteiger partial charge on any atom is -0.485 e. The van der Waals surface area contributed by atoms with Gasteiger partial charge in [0.1, 0.15) is 19.3 Å².